The van der Waals surface area contributed by atoms with Crippen molar-refractivity contribution < 1.29 is 4.79 Å². The van der Waals surface area contributed by atoms with Gasteiger partial charge in [-0.15, -0.1) is 11.3 Å². The molecule has 0 saturated carbocycles. The number of hydrogen-bond acceptors (Lipinski definition) is 4. The second-order valence-electron chi connectivity index (χ2n) is 4.40. The number of aromatic nitrogens is 1. The third kappa shape index (κ3) is 2.89. The molecule has 0 amide bonds. The Labute approximate surface area is 88.3 Å². The first-order chi connectivity index (χ1) is 6.41. The smallest absolute Gasteiger partial charge is 0.155 e. The maximum Gasteiger partial charge on any atom is 0.155 e. The number of nitrogens with two attached hydrogens (primary N) is 1. The fourth-order valence-corrected chi connectivity index (χ4v) is 1.78. The summed E-state index contributed by atoms with van der Waals surface area (Å²) in [5.41, 5.74) is 8.10. The largest absolute Gasteiger partial charge is 0.321 e. The van der Waals surface area contributed by atoms with Crippen LogP contribution in [0.1, 0.15) is 26.5 Å². The standard InChI is InChI=1S/C10H16N2OS/c1-10(2,3)9(13)8(11)4-7-5-14-6-12-7/h5-6,8H,4,11H2,1-3H3. The van der Waals surface area contributed by atoms with Crippen LogP contribution in [0, 0.1) is 5.41 Å². The molecule has 1 aromatic rings. The van der Waals surface area contributed by atoms with E-state index >= 15 is 0 Å². The third-order valence-corrected chi connectivity index (χ3v) is 2.62. The maximum atomic E-state index is 11.7. The predicted molar refractivity (Wildman–Crippen MR) is 58.3 cm³/mol. The lowest BCUT2D eigenvalue weighted by Crippen LogP contribution is -2.40. The zero-order valence-electron chi connectivity index (χ0n) is 8.78. The second kappa shape index (κ2) is 4.19. The van der Waals surface area contributed by atoms with E-state index in [1.54, 1.807) is 5.51 Å². The Bertz CT molecular complexity index is 300. The highest BCUT2D eigenvalue weighted by molar-refractivity contribution is 7.07. The Morgan fingerprint density at radius 1 is 1.64 bits per heavy atom. The molecule has 78 valence electrons. The van der Waals surface area contributed by atoms with Gasteiger partial charge in [0, 0.05) is 17.2 Å². The molecule has 0 saturated heterocycles. The number of carbonyl (C=O) groups is 1. The summed E-state index contributed by atoms with van der Waals surface area (Å²) >= 11 is 1.52. The lowest BCUT2D eigenvalue weighted by Gasteiger charge is -2.20. The van der Waals surface area contributed by atoms with Crippen molar-refractivity contribution in [2.45, 2.75) is 33.2 Å². The third-order valence-electron chi connectivity index (χ3n) is 1.99. The van der Waals surface area contributed by atoms with Gasteiger partial charge in [0.05, 0.1) is 17.2 Å². The molecule has 1 atom stereocenters. The van der Waals surface area contributed by atoms with E-state index in [0.29, 0.717) is 6.42 Å². The highest BCUT2D eigenvalue weighted by Gasteiger charge is 2.27. The van der Waals surface area contributed by atoms with Crippen molar-refractivity contribution in [3.8, 4) is 0 Å². The Kier molecular flexibility index (Phi) is 3.39. The van der Waals surface area contributed by atoms with Gasteiger partial charge < -0.3 is 5.73 Å². The Balaban J connectivity index is 2.59. The van der Waals surface area contributed by atoms with Gasteiger partial charge in [-0.05, 0) is 0 Å². The van der Waals surface area contributed by atoms with Gasteiger partial charge in [-0.1, -0.05) is 20.8 Å². The fraction of sp³-hybridized carbons (Fsp3) is 0.600. The van der Waals surface area contributed by atoms with Crippen molar-refractivity contribution in [2.24, 2.45) is 11.1 Å². The minimum atomic E-state index is -0.433. The molecule has 0 fully saturated rings. The molecular weight excluding hydrogens is 196 g/mol. The molecule has 1 unspecified atom stereocenters. The van der Waals surface area contributed by atoms with E-state index in [-0.39, 0.29) is 11.2 Å². The lowest BCUT2D eigenvalue weighted by atomic mass is 9.85. The van der Waals surface area contributed by atoms with Crippen molar-refractivity contribution >= 4 is 17.1 Å². The zero-order chi connectivity index (χ0) is 10.8. The maximum absolute atomic E-state index is 11.7. The molecule has 3 nitrogen and oxygen atoms in total. The van der Waals surface area contributed by atoms with Gasteiger partial charge in [0.1, 0.15) is 0 Å². The van der Waals surface area contributed by atoms with Crippen LogP contribution >= 0.6 is 11.3 Å². The number of Topliss-reactive ketones (excluding diaryl/α,β-unsaturated/α-hetero) is 1. The summed E-state index contributed by atoms with van der Waals surface area (Å²) in [4.78, 5) is 15.8. The average molecular weight is 212 g/mol. The first-order valence-corrected chi connectivity index (χ1v) is 5.52. The van der Waals surface area contributed by atoms with Gasteiger partial charge >= 0.3 is 0 Å². The molecule has 2 N–H and O–H groups in total. The summed E-state index contributed by atoms with van der Waals surface area (Å²) in [6, 6.07) is -0.433. The molecule has 0 aliphatic carbocycles. The lowest BCUT2D eigenvalue weighted by molar-refractivity contribution is -0.127. The molecule has 0 aliphatic heterocycles. The number of rotatable bonds is 3. The van der Waals surface area contributed by atoms with Crippen molar-refractivity contribution in [3.63, 3.8) is 0 Å². The van der Waals surface area contributed by atoms with Crippen LogP contribution in [0.4, 0.5) is 0 Å². The molecule has 0 aromatic carbocycles. The number of ketones is 1. The Morgan fingerprint density at radius 2 is 2.29 bits per heavy atom. The molecule has 0 radical (unpaired) electrons. The van der Waals surface area contributed by atoms with Crippen molar-refractivity contribution in [2.75, 3.05) is 0 Å². The molecule has 1 aromatic heterocycles. The summed E-state index contributed by atoms with van der Waals surface area (Å²) in [5, 5.41) is 1.93. The van der Waals surface area contributed by atoms with Gasteiger partial charge in [0.15, 0.2) is 5.78 Å². The number of thiazole rings is 1. The van der Waals surface area contributed by atoms with Crippen LogP contribution in [-0.4, -0.2) is 16.8 Å². The Morgan fingerprint density at radius 3 is 2.71 bits per heavy atom. The van der Waals surface area contributed by atoms with E-state index in [2.05, 4.69) is 4.98 Å². The van der Waals surface area contributed by atoms with Gasteiger partial charge in [-0.3, -0.25) is 4.79 Å². The summed E-state index contributed by atoms with van der Waals surface area (Å²) in [6.07, 6.45) is 0.541. The first-order valence-electron chi connectivity index (χ1n) is 4.58. The normalized spacial score (nSPS) is 14.0. The monoisotopic (exact) mass is 212 g/mol. The molecule has 1 heterocycles. The molecule has 0 spiro atoms. The van der Waals surface area contributed by atoms with E-state index in [4.69, 9.17) is 5.73 Å². The predicted octanol–water partition coefficient (Wildman–Crippen LogP) is 1.63. The van der Waals surface area contributed by atoms with Crippen LogP contribution in [0.25, 0.3) is 0 Å². The van der Waals surface area contributed by atoms with E-state index in [0.717, 1.165) is 5.69 Å². The Hall–Kier alpha value is -0.740. The van der Waals surface area contributed by atoms with E-state index in [1.807, 2.05) is 26.2 Å². The minimum Gasteiger partial charge on any atom is -0.321 e. The van der Waals surface area contributed by atoms with Gasteiger partial charge in [0.2, 0.25) is 0 Å². The van der Waals surface area contributed by atoms with E-state index in [9.17, 15) is 4.79 Å². The minimum absolute atomic E-state index is 0.0884. The van der Waals surface area contributed by atoms with Crippen LogP contribution in [0.15, 0.2) is 10.9 Å². The molecule has 1 rings (SSSR count). The number of carbonyl (C=O) groups excluding carboxylic acids is 1. The quantitative estimate of drug-likeness (QED) is 0.828. The van der Waals surface area contributed by atoms with Gasteiger partial charge in [0.25, 0.3) is 0 Å². The summed E-state index contributed by atoms with van der Waals surface area (Å²) < 4.78 is 0. The van der Waals surface area contributed by atoms with Crippen LogP contribution in [0.3, 0.4) is 0 Å². The van der Waals surface area contributed by atoms with Crippen molar-refractivity contribution in [3.05, 3.63) is 16.6 Å². The highest BCUT2D eigenvalue weighted by Crippen LogP contribution is 2.17. The number of hydrogen-bond donors (Lipinski definition) is 1. The first kappa shape index (κ1) is 11.3. The molecule has 14 heavy (non-hydrogen) atoms. The second-order valence-corrected chi connectivity index (χ2v) is 5.12. The fourth-order valence-electron chi connectivity index (χ4n) is 1.21. The van der Waals surface area contributed by atoms with Crippen LogP contribution in [0.2, 0.25) is 0 Å². The van der Waals surface area contributed by atoms with Gasteiger partial charge in [-0.2, -0.15) is 0 Å². The molecule has 0 bridgehead atoms. The number of nitrogens with zero attached hydrogens (tertiary/aromatic N) is 1. The molecule has 0 aliphatic rings. The molecular formula is C10H16N2OS. The molecule has 4 heteroatoms. The van der Waals surface area contributed by atoms with Crippen molar-refractivity contribution in [1.82, 2.24) is 4.98 Å². The van der Waals surface area contributed by atoms with Crippen LogP contribution in [-0.2, 0) is 11.2 Å². The topological polar surface area (TPSA) is 56.0 Å². The summed E-state index contributed by atoms with van der Waals surface area (Å²) in [6.45, 7) is 5.66. The van der Waals surface area contributed by atoms with Crippen LogP contribution in [0.5, 0.6) is 0 Å². The van der Waals surface area contributed by atoms with E-state index in [1.165, 1.54) is 11.3 Å². The summed E-state index contributed by atoms with van der Waals surface area (Å²) in [5.74, 6) is 0.0884. The van der Waals surface area contributed by atoms with Gasteiger partial charge in [-0.25, -0.2) is 4.98 Å². The van der Waals surface area contributed by atoms with E-state index < -0.39 is 6.04 Å². The van der Waals surface area contributed by atoms with Crippen LogP contribution < -0.4 is 5.73 Å². The SMILES string of the molecule is CC(C)(C)C(=O)C(N)Cc1cscn1. The average Bonchev–Trinajstić information content (AvgIpc) is 2.53. The van der Waals surface area contributed by atoms with Crippen molar-refractivity contribution in [1.29, 1.82) is 0 Å². The summed E-state index contributed by atoms with van der Waals surface area (Å²) in [7, 11) is 0. The highest BCUT2D eigenvalue weighted by atomic mass is 32.1. The zero-order valence-corrected chi connectivity index (χ0v) is 9.60.